The second kappa shape index (κ2) is 21.1. The van der Waals surface area contributed by atoms with Gasteiger partial charge in [0.1, 0.15) is 0 Å². The van der Waals surface area contributed by atoms with Gasteiger partial charge >= 0.3 is 141 Å². The molecule has 0 aliphatic rings. The molecule has 26 heavy (non-hydrogen) atoms. The molecule has 0 bridgehead atoms. The zero-order valence-corrected chi connectivity index (χ0v) is 20.9. The van der Waals surface area contributed by atoms with Gasteiger partial charge in [-0.2, -0.15) is 0 Å². The van der Waals surface area contributed by atoms with Gasteiger partial charge in [0.2, 0.25) is 0 Å². The number of aliphatic carboxylic acids is 1. The van der Waals surface area contributed by atoms with Crippen LogP contribution in [0.2, 0.25) is 4.13 Å². The predicted octanol–water partition coefficient (Wildman–Crippen LogP) is 5.61. The fraction of sp³-hybridized carbons (Fsp3) is 0.905. The molecule has 0 saturated heterocycles. The van der Waals surface area contributed by atoms with Crippen molar-refractivity contribution in [3.8, 4) is 0 Å². The molecule has 0 aromatic rings. The Morgan fingerprint density at radius 1 is 0.692 bits per heavy atom. The standard InChI is InChI=1S/C17H35.C4H7NO3.Bi.H/c1-3-5-7-9-11-13-15-17-16-14-12-10-8-6-4-2;5-3(6)1-2-4(7)8;;/h1,3-17H2,2H3;1-2H2,(H3,5,6,7,8);;/q;;+1;/p-1. The molecule has 5 heteroatoms. The maximum absolute atomic E-state index is 11.4. The van der Waals surface area contributed by atoms with E-state index in [4.69, 9.17) is 5.11 Å². The van der Waals surface area contributed by atoms with E-state index in [2.05, 4.69) is 10.2 Å². The van der Waals surface area contributed by atoms with Crippen molar-refractivity contribution in [2.45, 2.75) is 120 Å². The van der Waals surface area contributed by atoms with Crippen molar-refractivity contribution in [1.82, 2.24) is 3.26 Å². The number of carbonyl (C=O) groups is 2. The van der Waals surface area contributed by atoms with E-state index in [1.165, 1.54) is 100 Å². The predicted molar refractivity (Wildman–Crippen MR) is 112 cm³/mol. The van der Waals surface area contributed by atoms with Gasteiger partial charge in [-0.25, -0.2) is 0 Å². The van der Waals surface area contributed by atoms with E-state index >= 15 is 0 Å². The van der Waals surface area contributed by atoms with Gasteiger partial charge in [0, 0.05) is 0 Å². The van der Waals surface area contributed by atoms with E-state index in [0.29, 0.717) is 0 Å². The van der Waals surface area contributed by atoms with Crippen molar-refractivity contribution in [2.24, 2.45) is 0 Å². The van der Waals surface area contributed by atoms with Crippen LogP contribution < -0.4 is 3.26 Å². The first kappa shape index (κ1) is 25.8. The van der Waals surface area contributed by atoms with Crippen molar-refractivity contribution in [2.75, 3.05) is 0 Å². The Morgan fingerprint density at radius 3 is 1.54 bits per heavy atom. The van der Waals surface area contributed by atoms with Crippen molar-refractivity contribution >= 4 is 35.4 Å². The summed E-state index contributed by atoms with van der Waals surface area (Å²) in [5, 5.41) is 8.52. The van der Waals surface area contributed by atoms with E-state index in [1.807, 2.05) is 0 Å². The van der Waals surface area contributed by atoms with Crippen molar-refractivity contribution in [1.29, 1.82) is 0 Å². The quantitative estimate of drug-likeness (QED) is 0.149. The summed E-state index contributed by atoms with van der Waals surface area (Å²) in [5.41, 5.74) is 0. The molecule has 0 radical (unpaired) electrons. The second-order valence-electron chi connectivity index (χ2n) is 7.32. The average Bonchev–Trinajstić information content (AvgIpc) is 2.62. The fourth-order valence-corrected chi connectivity index (χ4v) is 6.43. The van der Waals surface area contributed by atoms with E-state index in [0.717, 1.165) is 0 Å². The molecule has 0 saturated carbocycles. The van der Waals surface area contributed by atoms with Crippen LogP contribution in [-0.4, -0.2) is 40.5 Å². The number of amides is 1. The first-order chi connectivity index (χ1) is 12.7. The molecular weight excluding hydrogens is 523 g/mol. The van der Waals surface area contributed by atoms with Crippen LogP contribution in [0.1, 0.15) is 116 Å². The topological polar surface area (TPSA) is 66.4 Å². The molecular formula is C21H42BiNO3. The number of carboxylic acids is 1. The van der Waals surface area contributed by atoms with Crippen LogP contribution in [0.3, 0.4) is 0 Å². The number of rotatable bonds is 20. The van der Waals surface area contributed by atoms with Gasteiger partial charge in [-0.15, -0.1) is 0 Å². The molecule has 0 atom stereocenters. The summed E-state index contributed by atoms with van der Waals surface area (Å²) in [6, 6.07) is 0. The van der Waals surface area contributed by atoms with Crippen LogP contribution >= 0.6 is 0 Å². The second-order valence-corrected chi connectivity index (χ2v) is 11.6. The van der Waals surface area contributed by atoms with Gasteiger partial charge in [-0.05, 0) is 0 Å². The Hall–Kier alpha value is -0.177. The summed E-state index contributed by atoms with van der Waals surface area (Å²) in [6.07, 6.45) is 20.8. The number of unbranched alkanes of at least 4 members (excludes halogenated alkanes) is 14. The zero-order chi connectivity index (χ0) is 19.3. The summed E-state index contributed by atoms with van der Waals surface area (Å²) < 4.78 is 4.17. The summed E-state index contributed by atoms with van der Waals surface area (Å²) >= 11 is -1.02. The van der Waals surface area contributed by atoms with Crippen LogP contribution in [0.25, 0.3) is 0 Å². The molecule has 0 aromatic heterocycles. The third-order valence-electron chi connectivity index (χ3n) is 4.70. The van der Waals surface area contributed by atoms with Crippen LogP contribution in [-0.2, 0) is 9.59 Å². The van der Waals surface area contributed by atoms with Crippen LogP contribution in [0.5, 0.6) is 0 Å². The minimum absolute atomic E-state index is 0.0475. The van der Waals surface area contributed by atoms with Crippen molar-refractivity contribution in [3.63, 3.8) is 0 Å². The average molecular weight is 566 g/mol. The van der Waals surface area contributed by atoms with Gasteiger partial charge in [0.25, 0.3) is 0 Å². The minimum atomic E-state index is -1.02. The first-order valence-corrected chi connectivity index (χ1v) is 15.6. The molecule has 0 aromatic carbocycles. The Labute approximate surface area is 173 Å². The first-order valence-electron chi connectivity index (χ1n) is 10.9. The van der Waals surface area contributed by atoms with Gasteiger partial charge in [0.15, 0.2) is 0 Å². The molecule has 1 amide bonds. The summed E-state index contributed by atoms with van der Waals surface area (Å²) in [5.74, 6) is -0.951. The maximum atomic E-state index is 11.4. The van der Waals surface area contributed by atoms with Crippen LogP contribution in [0.4, 0.5) is 0 Å². The molecule has 0 heterocycles. The molecule has 0 rings (SSSR count). The molecule has 0 fully saturated rings. The van der Waals surface area contributed by atoms with Gasteiger partial charge in [-0.1, -0.05) is 32.6 Å². The van der Waals surface area contributed by atoms with E-state index in [-0.39, 0.29) is 18.7 Å². The molecule has 0 aliphatic heterocycles. The van der Waals surface area contributed by atoms with Crippen LogP contribution in [0.15, 0.2) is 0 Å². The van der Waals surface area contributed by atoms with Crippen molar-refractivity contribution in [3.05, 3.63) is 0 Å². The third-order valence-corrected chi connectivity index (χ3v) is 8.82. The summed E-state index contributed by atoms with van der Waals surface area (Å²) in [6.45, 7) is 2.27. The fourth-order valence-electron chi connectivity index (χ4n) is 3.03. The molecule has 0 aliphatic carbocycles. The van der Waals surface area contributed by atoms with Crippen molar-refractivity contribution < 1.29 is 14.7 Å². The summed E-state index contributed by atoms with van der Waals surface area (Å²) in [4.78, 5) is 21.8. The number of hydrogen-bond acceptors (Lipinski definition) is 2. The Morgan fingerprint density at radius 2 is 1.12 bits per heavy atom. The van der Waals surface area contributed by atoms with Gasteiger partial charge < -0.3 is 0 Å². The summed E-state index contributed by atoms with van der Waals surface area (Å²) in [7, 11) is 0. The third kappa shape index (κ3) is 21.9. The zero-order valence-electron chi connectivity index (χ0n) is 17.0. The molecule has 2 N–H and O–H groups in total. The molecule has 154 valence electrons. The van der Waals surface area contributed by atoms with Crippen LogP contribution in [0, 0.1) is 0 Å². The molecule has 0 unspecified atom stereocenters. The SMILES string of the molecule is CCCCCCCCCCCCCCCC[CH2][BiH][NH]C(=O)CCC(=O)O. The number of nitrogens with one attached hydrogen (secondary N) is 1. The number of carbonyl (C=O) groups excluding carboxylic acids is 1. The molecule has 0 spiro atoms. The Balaban J connectivity index is 3.09. The number of hydrogen-bond donors (Lipinski definition) is 2. The normalized spacial score (nSPS) is 10.8. The Kier molecular flexibility index (Phi) is 21.0. The van der Waals surface area contributed by atoms with Gasteiger partial charge in [0.05, 0.1) is 0 Å². The van der Waals surface area contributed by atoms with E-state index < -0.39 is 29.5 Å². The van der Waals surface area contributed by atoms with E-state index in [1.54, 1.807) is 0 Å². The number of carboxylic acid groups (broad SMARTS) is 1. The van der Waals surface area contributed by atoms with E-state index in [9.17, 15) is 9.59 Å². The Bertz CT molecular complexity index is 337. The van der Waals surface area contributed by atoms with Gasteiger partial charge in [-0.3, -0.25) is 0 Å². The molecule has 4 nitrogen and oxygen atoms in total. The monoisotopic (exact) mass is 565 g/mol.